The number of carbonyl (C=O) groups is 1. The van der Waals surface area contributed by atoms with E-state index in [9.17, 15) is 10.1 Å². The summed E-state index contributed by atoms with van der Waals surface area (Å²) in [5.41, 5.74) is 3.80. The molecule has 25 heavy (non-hydrogen) atoms. The first kappa shape index (κ1) is 17.4. The second-order valence-electron chi connectivity index (χ2n) is 6.08. The molecule has 0 radical (unpaired) electrons. The molecule has 1 aliphatic carbocycles. The Kier molecular flexibility index (Phi) is 5.67. The summed E-state index contributed by atoms with van der Waals surface area (Å²) in [4.78, 5) is 21.0. The van der Waals surface area contributed by atoms with E-state index in [1.54, 1.807) is 6.07 Å². The summed E-state index contributed by atoms with van der Waals surface area (Å²) in [7, 11) is 0. The van der Waals surface area contributed by atoms with E-state index >= 15 is 0 Å². The quantitative estimate of drug-likeness (QED) is 0.831. The molecule has 0 saturated heterocycles. The summed E-state index contributed by atoms with van der Waals surface area (Å²) in [6.45, 7) is 1.89. The molecule has 3 rings (SSSR count). The Balaban J connectivity index is 1.58. The number of anilines is 1. The standard InChI is InChI=1S/C19H20N4OS/c1-13-5-4-8-17(21-13)23-18(24)9-10-25-19-15(12-20)11-14-6-2-3-7-16(14)22-19/h4-5,8,11H,2-3,6-7,9-10H2,1H3,(H,21,23,24). The molecule has 0 spiro atoms. The number of fused-ring (bicyclic) bond motifs is 1. The summed E-state index contributed by atoms with van der Waals surface area (Å²) < 4.78 is 0. The van der Waals surface area contributed by atoms with Gasteiger partial charge in [0.2, 0.25) is 5.91 Å². The Morgan fingerprint density at radius 1 is 1.32 bits per heavy atom. The number of hydrogen-bond donors (Lipinski definition) is 1. The van der Waals surface area contributed by atoms with Crippen molar-refractivity contribution in [3.8, 4) is 6.07 Å². The average molecular weight is 352 g/mol. The molecule has 128 valence electrons. The van der Waals surface area contributed by atoms with Gasteiger partial charge in [-0.3, -0.25) is 4.79 Å². The smallest absolute Gasteiger partial charge is 0.226 e. The molecule has 0 aliphatic heterocycles. The zero-order valence-electron chi connectivity index (χ0n) is 14.2. The van der Waals surface area contributed by atoms with Crippen LogP contribution in [-0.4, -0.2) is 21.6 Å². The van der Waals surface area contributed by atoms with E-state index in [0.29, 0.717) is 23.6 Å². The lowest BCUT2D eigenvalue weighted by molar-refractivity contribution is -0.115. The summed E-state index contributed by atoms with van der Waals surface area (Å²) in [5.74, 6) is 1.07. The van der Waals surface area contributed by atoms with Crippen molar-refractivity contribution >= 4 is 23.5 Å². The lowest BCUT2D eigenvalue weighted by Gasteiger charge is -2.16. The van der Waals surface area contributed by atoms with E-state index in [1.165, 1.54) is 23.7 Å². The second-order valence-corrected chi connectivity index (χ2v) is 7.16. The van der Waals surface area contributed by atoms with Gasteiger partial charge in [0.25, 0.3) is 0 Å². The van der Waals surface area contributed by atoms with Gasteiger partial charge in [-0.15, -0.1) is 11.8 Å². The van der Waals surface area contributed by atoms with Crippen LogP contribution in [0.5, 0.6) is 0 Å². The number of nitrogens with one attached hydrogen (secondary N) is 1. The lowest BCUT2D eigenvalue weighted by atomic mass is 9.95. The Morgan fingerprint density at radius 2 is 2.16 bits per heavy atom. The Labute approximate surface area is 151 Å². The molecular formula is C19H20N4OS. The maximum absolute atomic E-state index is 12.1. The molecular weight excluding hydrogens is 332 g/mol. The minimum Gasteiger partial charge on any atom is -0.311 e. The summed E-state index contributed by atoms with van der Waals surface area (Å²) in [5, 5.41) is 12.9. The fraction of sp³-hybridized carbons (Fsp3) is 0.368. The third kappa shape index (κ3) is 4.58. The van der Waals surface area contributed by atoms with Crippen LogP contribution >= 0.6 is 11.8 Å². The first-order valence-electron chi connectivity index (χ1n) is 8.45. The first-order chi connectivity index (χ1) is 12.2. The van der Waals surface area contributed by atoms with Crippen molar-refractivity contribution < 1.29 is 4.79 Å². The molecule has 2 aromatic heterocycles. The van der Waals surface area contributed by atoms with Crippen molar-refractivity contribution in [3.63, 3.8) is 0 Å². The van der Waals surface area contributed by atoms with Crippen LogP contribution in [0.3, 0.4) is 0 Å². The summed E-state index contributed by atoms with van der Waals surface area (Å²) >= 11 is 1.47. The highest BCUT2D eigenvalue weighted by atomic mass is 32.2. The highest BCUT2D eigenvalue weighted by Crippen LogP contribution is 2.27. The van der Waals surface area contributed by atoms with E-state index in [2.05, 4.69) is 21.4 Å². The lowest BCUT2D eigenvalue weighted by Crippen LogP contribution is -2.13. The van der Waals surface area contributed by atoms with Crippen molar-refractivity contribution in [1.82, 2.24) is 9.97 Å². The zero-order valence-corrected chi connectivity index (χ0v) is 15.0. The fourth-order valence-corrected chi connectivity index (χ4v) is 3.78. The molecule has 1 aliphatic rings. The third-order valence-electron chi connectivity index (χ3n) is 4.11. The largest absolute Gasteiger partial charge is 0.311 e. The maximum Gasteiger partial charge on any atom is 0.226 e. The van der Waals surface area contributed by atoms with Gasteiger partial charge in [-0.25, -0.2) is 9.97 Å². The topological polar surface area (TPSA) is 78.7 Å². The fourth-order valence-electron chi connectivity index (χ4n) is 2.86. The molecule has 0 atom stereocenters. The van der Waals surface area contributed by atoms with E-state index < -0.39 is 0 Å². The molecule has 1 N–H and O–H groups in total. The Morgan fingerprint density at radius 3 is 2.96 bits per heavy atom. The van der Waals surface area contributed by atoms with Gasteiger partial charge in [-0.2, -0.15) is 5.26 Å². The molecule has 0 bridgehead atoms. The number of hydrogen-bond acceptors (Lipinski definition) is 5. The monoisotopic (exact) mass is 352 g/mol. The van der Waals surface area contributed by atoms with Crippen molar-refractivity contribution in [2.45, 2.75) is 44.1 Å². The van der Waals surface area contributed by atoms with Gasteiger partial charge in [-0.05, 0) is 56.4 Å². The molecule has 2 aromatic rings. The Hall–Kier alpha value is -2.39. The highest BCUT2D eigenvalue weighted by Gasteiger charge is 2.15. The zero-order chi connectivity index (χ0) is 17.6. The van der Waals surface area contributed by atoms with E-state index in [-0.39, 0.29) is 5.91 Å². The third-order valence-corrected chi connectivity index (χ3v) is 5.10. The molecule has 0 unspecified atom stereocenters. The molecule has 0 saturated carbocycles. The number of aromatic nitrogens is 2. The van der Waals surface area contributed by atoms with Crippen molar-refractivity contribution in [2.75, 3.05) is 11.1 Å². The molecule has 0 aromatic carbocycles. The van der Waals surface area contributed by atoms with E-state index in [4.69, 9.17) is 0 Å². The second kappa shape index (κ2) is 8.13. The van der Waals surface area contributed by atoms with Crippen LogP contribution in [0.2, 0.25) is 0 Å². The summed E-state index contributed by atoms with van der Waals surface area (Å²) in [6.07, 6.45) is 4.66. The van der Waals surface area contributed by atoms with Crippen LogP contribution in [0, 0.1) is 18.3 Å². The van der Waals surface area contributed by atoms with Crippen molar-refractivity contribution in [3.05, 3.63) is 46.8 Å². The van der Waals surface area contributed by atoms with Crippen LogP contribution in [0.25, 0.3) is 0 Å². The van der Waals surface area contributed by atoms with Gasteiger partial charge in [0.1, 0.15) is 16.9 Å². The molecule has 2 heterocycles. The van der Waals surface area contributed by atoms with Crippen molar-refractivity contribution in [1.29, 1.82) is 5.26 Å². The van der Waals surface area contributed by atoms with Gasteiger partial charge < -0.3 is 5.32 Å². The number of nitriles is 1. The van der Waals surface area contributed by atoms with Crippen LogP contribution < -0.4 is 5.32 Å². The number of carbonyl (C=O) groups excluding carboxylic acids is 1. The van der Waals surface area contributed by atoms with Gasteiger partial charge in [-0.1, -0.05) is 6.07 Å². The first-order valence-corrected chi connectivity index (χ1v) is 9.43. The highest BCUT2D eigenvalue weighted by molar-refractivity contribution is 7.99. The minimum absolute atomic E-state index is 0.0814. The predicted octanol–water partition coefficient (Wildman–Crippen LogP) is 3.66. The predicted molar refractivity (Wildman–Crippen MR) is 98.5 cm³/mol. The molecule has 6 heteroatoms. The Bertz CT molecular complexity index is 829. The van der Waals surface area contributed by atoms with Gasteiger partial charge in [0.05, 0.1) is 5.56 Å². The van der Waals surface area contributed by atoms with Gasteiger partial charge in [0, 0.05) is 23.6 Å². The average Bonchev–Trinajstić information content (AvgIpc) is 2.61. The summed E-state index contributed by atoms with van der Waals surface area (Å²) in [6, 6.07) is 9.73. The van der Waals surface area contributed by atoms with E-state index in [0.717, 1.165) is 35.7 Å². The van der Waals surface area contributed by atoms with E-state index in [1.807, 2.05) is 25.1 Å². The normalized spacial score (nSPS) is 13.0. The molecule has 5 nitrogen and oxygen atoms in total. The number of amides is 1. The van der Waals surface area contributed by atoms with Crippen molar-refractivity contribution in [2.24, 2.45) is 0 Å². The molecule has 1 amide bonds. The number of rotatable bonds is 5. The number of thioether (sulfide) groups is 1. The van der Waals surface area contributed by atoms with Crippen LogP contribution in [0.4, 0.5) is 5.82 Å². The SMILES string of the molecule is Cc1cccc(NC(=O)CCSc2nc3c(cc2C#N)CCCC3)n1. The van der Waals surface area contributed by atoms with Crippen LogP contribution in [0.1, 0.15) is 41.8 Å². The minimum atomic E-state index is -0.0814. The number of pyridine rings is 2. The van der Waals surface area contributed by atoms with Crippen LogP contribution in [0.15, 0.2) is 29.3 Å². The maximum atomic E-state index is 12.1. The molecule has 0 fully saturated rings. The van der Waals surface area contributed by atoms with Gasteiger partial charge >= 0.3 is 0 Å². The van der Waals surface area contributed by atoms with Gasteiger partial charge in [0.15, 0.2) is 0 Å². The van der Waals surface area contributed by atoms with Crippen LogP contribution in [-0.2, 0) is 17.6 Å². The number of nitrogens with zero attached hydrogens (tertiary/aromatic N) is 3. The number of aryl methyl sites for hydroxylation is 3.